The Morgan fingerprint density at radius 2 is 1.78 bits per heavy atom. The van der Waals surface area contributed by atoms with Crippen molar-refractivity contribution < 1.29 is 17.9 Å². The van der Waals surface area contributed by atoms with E-state index >= 15 is 0 Å². The van der Waals surface area contributed by atoms with E-state index in [0.29, 0.717) is 5.75 Å². The smallest absolute Gasteiger partial charge is 0.269 e. The summed E-state index contributed by atoms with van der Waals surface area (Å²) in [6, 6.07) is 14.2. The summed E-state index contributed by atoms with van der Waals surface area (Å²) in [4.78, 5) is 12.3. The van der Waals surface area contributed by atoms with E-state index in [1.165, 1.54) is 5.56 Å². The van der Waals surface area contributed by atoms with Gasteiger partial charge in [-0.05, 0) is 35.2 Å². The number of carbonyl (C=O) groups excluding carboxylic acids is 1. The minimum absolute atomic E-state index is 0.0432. The largest absolute Gasteiger partial charge is 0.492 e. The van der Waals surface area contributed by atoms with Crippen molar-refractivity contribution in [2.24, 2.45) is 0 Å². The molecule has 1 amide bonds. The molecule has 3 aromatic rings. The zero-order valence-electron chi connectivity index (χ0n) is 17.8. The van der Waals surface area contributed by atoms with Crippen LogP contribution in [0.3, 0.4) is 0 Å². The number of aromatic nitrogens is 2. The normalized spacial score (nSPS) is 11.9. The Hall–Kier alpha value is -2.53. The third kappa shape index (κ3) is 6.26. The van der Waals surface area contributed by atoms with Gasteiger partial charge < -0.3 is 4.74 Å². The minimum atomic E-state index is -3.89. The Balaban J connectivity index is 1.52. The van der Waals surface area contributed by atoms with E-state index in [2.05, 4.69) is 41.0 Å². The quantitative estimate of drug-likeness (QED) is 0.360. The fraction of sp³-hybridized carbons (Fsp3) is 0.286. The van der Waals surface area contributed by atoms with Crippen molar-refractivity contribution in [1.82, 2.24) is 14.9 Å². The second-order valence-corrected chi connectivity index (χ2v) is 11.2. The van der Waals surface area contributed by atoms with Crippen LogP contribution in [0.1, 0.15) is 36.7 Å². The lowest BCUT2D eigenvalue weighted by Gasteiger charge is -2.19. The van der Waals surface area contributed by atoms with Crippen molar-refractivity contribution in [3.05, 3.63) is 64.7 Å². The summed E-state index contributed by atoms with van der Waals surface area (Å²) >= 11 is 6.73. The monoisotopic (exact) mass is 494 g/mol. The van der Waals surface area contributed by atoms with Crippen LogP contribution < -0.4 is 14.8 Å². The molecule has 0 saturated heterocycles. The van der Waals surface area contributed by atoms with Gasteiger partial charge in [-0.25, -0.2) is 13.1 Å². The Kier molecular flexibility index (Phi) is 7.50. The molecule has 0 aliphatic rings. The summed E-state index contributed by atoms with van der Waals surface area (Å²) in [5, 5.41) is 10.2. The fourth-order valence-electron chi connectivity index (χ4n) is 2.64. The molecule has 11 heteroatoms. The number of hydrogen-bond donors (Lipinski definition) is 2. The molecule has 0 saturated carbocycles. The highest BCUT2D eigenvalue weighted by Crippen LogP contribution is 2.24. The van der Waals surface area contributed by atoms with Crippen LogP contribution in [-0.4, -0.2) is 37.7 Å². The van der Waals surface area contributed by atoms with E-state index in [4.69, 9.17) is 16.3 Å². The van der Waals surface area contributed by atoms with Crippen molar-refractivity contribution in [2.45, 2.75) is 30.5 Å². The van der Waals surface area contributed by atoms with Crippen molar-refractivity contribution in [2.75, 3.05) is 18.5 Å². The Labute approximate surface area is 196 Å². The predicted octanol–water partition coefficient (Wildman–Crippen LogP) is 4.10. The van der Waals surface area contributed by atoms with Crippen LogP contribution >= 0.6 is 22.9 Å². The maximum atomic E-state index is 12.4. The van der Waals surface area contributed by atoms with Crippen LogP contribution in [0.15, 0.2) is 52.9 Å². The van der Waals surface area contributed by atoms with Gasteiger partial charge in [-0.2, -0.15) is 0 Å². The number of hydrogen-bond acceptors (Lipinski definition) is 7. The lowest BCUT2D eigenvalue weighted by atomic mass is 9.87. The first kappa shape index (κ1) is 24.1. The second-order valence-electron chi connectivity index (χ2n) is 7.83. The molecule has 0 radical (unpaired) electrons. The minimum Gasteiger partial charge on any atom is -0.492 e. The van der Waals surface area contributed by atoms with Gasteiger partial charge in [0.1, 0.15) is 12.4 Å². The number of amides is 1. The predicted molar refractivity (Wildman–Crippen MR) is 125 cm³/mol. The van der Waals surface area contributed by atoms with Gasteiger partial charge >= 0.3 is 0 Å². The first-order valence-electron chi connectivity index (χ1n) is 9.69. The molecule has 32 heavy (non-hydrogen) atoms. The molecule has 2 N–H and O–H groups in total. The third-order valence-corrected chi connectivity index (χ3v) is 7.36. The molecule has 0 unspecified atom stereocenters. The Morgan fingerprint density at radius 1 is 1.09 bits per heavy atom. The summed E-state index contributed by atoms with van der Waals surface area (Å²) in [5.74, 6) is 0.146. The number of benzene rings is 2. The molecule has 170 valence electrons. The van der Waals surface area contributed by atoms with Crippen LogP contribution in [0, 0.1) is 0 Å². The number of ether oxygens (including phenoxy) is 1. The molecule has 0 bridgehead atoms. The highest BCUT2D eigenvalue weighted by atomic mass is 35.5. The second kappa shape index (κ2) is 9.95. The van der Waals surface area contributed by atoms with Crippen LogP contribution in [-0.2, 0) is 15.4 Å². The number of anilines is 1. The van der Waals surface area contributed by atoms with Crippen LogP contribution in [0.2, 0.25) is 5.02 Å². The Bertz CT molecular complexity index is 1190. The summed E-state index contributed by atoms with van der Waals surface area (Å²) < 4.78 is 32.6. The molecule has 0 spiro atoms. The summed E-state index contributed by atoms with van der Waals surface area (Å²) in [6.45, 7) is 6.56. The number of halogens is 1. The highest BCUT2D eigenvalue weighted by molar-refractivity contribution is 7.91. The molecule has 8 nitrogen and oxygen atoms in total. The van der Waals surface area contributed by atoms with Crippen molar-refractivity contribution in [3.63, 3.8) is 0 Å². The molecule has 0 aliphatic carbocycles. The van der Waals surface area contributed by atoms with E-state index < -0.39 is 15.9 Å². The van der Waals surface area contributed by atoms with E-state index in [1.54, 1.807) is 24.3 Å². The lowest BCUT2D eigenvalue weighted by molar-refractivity contribution is 0.102. The van der Waals surface area contributed by atoms with Gasteiger partial charge in [0.15, 0.2) is 0 Å². The van der Waals surface area contributed by atoms with Crippen molar-refractivity contribution >= 4 is 44.0 Å². The zero-order chi connectivity index (χ0) is 23.4. The van der Waals surface area contributed by atoms with Gasteiger partial charge in [0.25, 0.3) is 15.9 Å². The molecule has 2 aromatic carbocycles. The van der Waals surface area contributed by atoms with Crippen LogP contribution in [0.25, 0.3) is 0 Å². The average Bonchev–Trinajstić information content (AvgIpc) is 3.21. The molecule has 1 heterocycles. The van der Waals surface area contributed by atoms with E-state index in [1.807, 2.05) is 24.3 Å². The molecule has 0 aliphatic heterocycles. The molecule has 3 rings (SSSR count). The first-order valence-corrected chi connectivity index (χ1v) is 12.4. The van der Waals surface area contributed by atoms with Crippen molar-refractivity contribution in [3.8, 4) is 5.75 Å². The number of sulfonamides is 1. The standard InChI is InChI=1S/C21H23ClN4O4S2/c1-21(2,3)14-8-10-15(11-9-14)30-13-12-23-32(28,29)20-26-25-19(31-20)24-18(27)16-6-4-5-7-17(16)22/h4-11,23H,12-13H2,1-3H3,(H,24,25,27). The fourth-order valence-corrected chi connectivity index (χ4v) is 4.81. The summed E-state index contributed by atoms with van der Waals surface area (Å²) in [5.41, 5.74) is 1.47. The van der Waals surface area contributed by atoms with Crippen molar-refractivity contribution in [1.29, 1.82) is 0 Å². The molecular formula is C21H23ClN4O4S2. The topological polar surface area (TPSA) is 110 Å². The third-order valence-electron chi connectivity index (χ3n) is 4.36. The van der Waals surface area contributed by atoms with Gasteiger partial charge in [-0.3, -0.25) is 10.1 Å². The van der Waals surface area contributed by atoms with E-state index in [9.17, 15) is 13.2 Å². The van der Waals surface area contributed by atoms with Crippen LogP contribution in [0.5, 0.6) is 5.75 Å². The molecule has 0 fully saturated rings. The van der Waals surface area contributed by atoms with Gasteiger partial charge in [0, 0.05) is 6.54 Å². The van der Waals surface area contributed by atoms with E-state index in [0.717, 1.165) is 11.3 Å². The van der Waals surface area contributed by atoms with E-state index in [-0.39, 0.29) is 38.6 Å². The average molecular weight is 495 g/mol. The van der Waals surface area contributed by atoms with Gasteiger partial charge in [-0.1, -0.05) is 68.0 Å². The van der Waals surface area contributed by atoms with Crippen LogP contribution in [0.4, 0.5) is 5.13 Å². The zero-order valence-corrected chi connectivity index (χ0v) is 20.1. The van der Waals surface area contributed by atoms with Gasteiger partial charge in [0.2, 0.25) is 9.47 Å². The molecule has 1 aromatic heterocycles. The lowest BCUT2D eigenvalue weighted by Crippen LogP contribution is -2.28. The maximum Gasteiger partial charge on any atom is 0.269 e. The summed E-state index contributed by atoms with van der Waals surface area (Å²) in [7, 11) is -3.89. The van der Waals surface area contributed by atoms with Gasteiger partial charge in [-0.15, -0.1) is 10.2 Å². The van der Waals surface area contributed by atoms with Gasteiger partial charge in [0.05, 0.1) is 10.6 Å². The molecule has 0 atom stereocenters. The number of rotatable bonds is 8. The number of nitrogens with zero attached hydrogens (tertiary/aromatic N) is 2. The highest BCUT2D eigenvalue weighted by Gasteiger charge is 2.21. The number of nitrogens with one attached hydrogen (secondary N) is 2. The SMILES string of the molecule is CC(C)(C)c1ccc(OCCNS(=O)(=O)c2nnc(NC(=O)c3ccccc3Cl)s2)cc1. The Morgan fingerprint density at radius 3 is 2.44 bits per heavy atom. The maximum absolute atomic E-state index is 12.4. The summed E-state index contributed by atoms with van der Waals surface area (Å²) in [6.07, 6.45) is 0. The number of carbonyl (C=O) groups is 1. The first-order chi connectivity index (χ1) is 15.1. The molecular weight excluding hydrogens is 472 g/mol.